The van der Waals surface area contributed by atoms with Gasteiger partial charge in [-0.3, -0.25) is 9.59 Å². The zero-order valence-electron chi connectivity index (χ0n) is 14.4. The summed E-state index contributed by atoms with van der Waals surface area (Å²) in [7, 11) is 3.12. The van der Waals surface area contributed by atoms with Crippen molar-refractivity contribution in [3.05, 3.63) is 48.0 Å². The Morgan fingerprint density at radius 1 is 0.960 bits per heavy atom. The highest BCUT2D eigenvalue weighted by molar-refractivity contribution is 5.97. The second-order valence-corrected chi connectivity index (χ2v) is 5.51. The molecule has 0 unspecified atom stereocenters. The Morgan fingerprint density at radius 2 is 1.60 bits per heavy atom. The maximum absolute atomic E-state index is 12.1. The summed E-state index contributed by atoms with van der Waals surface area (Å²) in [5, 5.41) is 2.74. The molecule has 0 saturated heterocycles. The number of nitrogens with two attached hydrogens (primary N) is 1. The van der Waals surface area contributed by atoms with Gasteiger partial charge < -0.3 is 20.5 Å². The minimum absolute atomic E-state index is 0.00338. The van der Waals surface area contributed by atoms with Gasteiger partial charge in [0.2, 0.25) is 5.91 Å². The number of nitrogens with one attached hydrogen (secondary N) is 1. The first-order valence-corrected chi connectivity index (χ1v) is 7.94. The van der Waals surface area contributed by atoms with Gasteiger partial charge in [-0.25, -0.2) is 0 Å². The number of Topliss-reactive ketones (excluding diaryl/α,β-unsaturated/α-hetero) is 1. The molecule has 0 fully saturated rings. The van der Waals surface area contributed by atoms with Crippen LogP contribution in [0.5, 0.6) is 11.5 Å². The van der Waals surface area contributed by atoms with Crippen molar-refractivity contribution in [2.75, 3.05) is 25.3 Å². The number of hydrogen-bond acceptors (Lipinski definition) is 5. The lowest BCUT2D eigenvalue weighted by Crippen LogP contribution is -2.13. The lowest BCUT2D eigenvalue weighted by Gasteiger charge is -2.10. The minimum Gasteiger partial charge on any atom is -0.497 e. The third-order valence-corrected chi connectivity index (χ3v) is 3.75. The topological polar surface area (TPSA) is 90.7 Å². The molecule has 0 heterocycles. The Hall–Kier alpha value is -3.02. The molecular formula is C19H22N2O4. The molecule has 2 rings (SSSR count). The average Bonchev–Trinajstić information content (AvgIpc) is 2.63. The molecule has 25 heavy (non-hydrogen) atoms. The van der Waals surface area contributed by atoms with Crippen molar-refractivity contribution in [1.82, 2.24) is 0 Å². The van der Waals surface area contributed by atoms with Crippen molar-refractivity contribution in [2.45, 2.75) is 19.3 Å². The second kappa shape index (κ2) is 8.73. The minimum atomic E-state index is -0.192. The van der Waals surface area contributed by atoms with Crippen LogP contribution in [0.4, 0.5) is 11.4 Å². The molecule has 2 aromatic carbocycles. The Morgan fingerprint density at radius 3 is 2.24 bits per heavy atom. The second-order valence-electron chi connectivity index (χ2n) is 5.51. The standard InChI is InChI=1S/C19H22N2O4/c1-24-14-8-6-13(7-9-14)18(22)4-3-5-19(23)21-17-12-15(25-2)10-11-16(17)20/h6-12H,3-5,20H2,1-2H3,(H,21,23). The van der Waals surface area contributed by atoms with Crippen molar-refractivity contribution in [3.8, 4) is 11.5 Å². The summed E-state index contributed by atoms with van der Waals surface area (Å²) in [6.45, 7) is 0. The smallest absolute Gasteiger partial charge is 0.224 e. The molecular weight excluding hydrogens is 320 g/mol. The number of methoxy groups -OCH3 is 2. The van der Waals surface area contributed by atoms with E-state index in [2.05, 4.69) is 5.32 Å². The summed E-state index contributed by atoms with van der Waals surface area (Å²) in [5.74, 6) is 1.12. The number of anilines is 2. The largest absolute Gasteiger partial charge is 0.497 e. The summed E-state index contributed by atoms with van der Waals surface area (Å²) >= 11 is 0. The quantitative estimate of drug-likeness (QED) is 0.567. The summed E-state index contributed by atoms with van der Waals surface area (Å²) in [5.41, 5.74) is 7.41. The highest BCUT2D eigenvalue weighted by Crippen LogP contribution is 2.24. The first-order valence-electron chi connectivity index (χ1n) is 7.94. The van der Waals surface area contributed by atoms with Gasteiger partial charge in [0.25, 0.3) is 0 Å². The molecule has 0 bridgehead atoms. The zero-order valence-corrected chi connectivity index (χ0v) is 14.4. The van der Waals surface area contributed by atoms with Gasteiger partial charge in [0.15, 0.2) is 5.78 Å². The molecule has 1 amide bonds. The maximum atomic E-state index is 12.1. The summed E-state index contributed by atoms with van der Waals surface area (Å²) in [6.07, 6.45) is 0.993. The van der Waals surface area contributed by atoms with E-state index in [9.17, 15) is 9.59 Å². The number of amides is 1. The number of hydrogen-bond donors (Lipinski definition) is 2. The maximum Gasteiger partial charge on any atom is 0.224 e. The summed E-state index contributed by atoms with van der Waals surface area (Å²) in [6, 6.07) is 12.0. The Balaban J connectivity index is 1.82. The van der Waals surface area contributed by atoms with Gasteiger partial charge in [0, 0.05) is 24.5 Å². The molecule has 3 N–H and O–H groups in total. The number of carbonyl (C=O) groups is 2. The third-order valence-electron chi connectivity index (χ3n) is 3.75. The van der Waals surface area contributed by atoms with Crippen LogP contribution < -0.4 is 20.5 Å². The predicted octanol–water partition coefficient (Wildman–Crippen LogP) is 3.28. The van der Waals surface area contributed by atoms with Crippen LogP contribution in [0.3, 0.4) is 0 Å². The van der Waals surface area contributed by atoms with E-state index in [0.717, 1.165) is 0 Å². The molecule has 0 atom stereocenters. The van der Waals surface area contributed by atoms with E-state index in [1.807, 2.05) is 0 Å². The van der Waals surface area contributed by atoms with Crippen molar-refractivity contribution >= 4 is 23.1 Å². The molecule has 0 radical (unpaired) electrons. The van der Waals surface area contributed by atoms with E-state index >= 15 is 0 Å². The molecule has 0 aliphatic carbocycles. The first kappa shape index (κ1) is 18.3. The molecule has 2 aromatic rings. The van der Waals surface area contributed by atoms with Gasteiger partial charge in [-0.05, 0) is 42.8 Å². The lowest BCUT2D eigenvalue weighted by molar-refractivity contribution is -0.116. The van der Waals surface area contributed by atoms with Gasteiger partial charge in [-0.2, -0.15) is 0 Å². The average molecular weight is 342 g/mol. The molecule has 0 saturated carbocycles. The van der Waals surface area contributed by atoms with E-state index in [0.29, 0.717) is 41.3 Å². The fourth-order valence-corrected chi connectivity index (χ4v) is 2.31. The monoisotopic (exact) mass is 342 g/mol. The van der Waals surface area contributed by atoms with Crippen LogP contribution in [0.2, 0.25) is 0 Å². The normalized spacial score (nSPS) is 10.2. The van der Waals surface area contributed by atoms with Gasteiger partial charge >= 0.3 is 0 Å². The van der Waals surface area contributed by atoms with E-state index in [1.54, 1.807) is 56.7 Å². The van der Waals surface area contributed by atoms with Crippen LogP contribution in [0.15, 0.2) is 42.5 Å². The van der Waals surface area contributed by atoms with Gasteiger partial charge in [-0.1, -0.05) is 0 Å². The number of benzene rings is 2. The SMILES string of the molecule is COc1ccc(C(=O)CCCC(=O)Nc2cc(OC)ccc2N)cc1. The fourth-order valence-electron chi connectivity index (χ4n) is 2.31. The van der Waals surface area contributed by atoms with Crippen LogP contribution in [-0.2, 0) is 4.79 Å². The molecule has 0 aliphatic heterocycles. The van der Waals surface area contributed by atoms with Gasteiger partial charge in [0.1, 0.15) is 11.5 Å². The molecule has 6 heteroatoms. The van der Waals surface area contributed by atoms with Crippen molar-refractivity contribution in [1.29, 1.82) is 0 Å². The summed E-state index contributed by atoms with van der Waals surface area (Å²) in [4.78, 5) is 24.1. The zero-order chi connectivity index (χ0) is 18.2. The van der Waals surface area contributed by atoms with E-state index in [1.165, 1.54) is 0 Å². The molecule has 6 nitrogen and oxygen atoms in total. The molecule has 0 aliphatic rings. The highest BCUT2D eigenvalue weighted by Gasteiger charge is 2.10. The Kier molecular flexibility index (Phi) is 6.39. The molecule has 0 spiro atoms. The van der Waals surface area contributed by atoms with Crippen LogP contribution in [0.25, 0.3) is 0 Å². The van der Waals surface area contributed by atoms with Crippen molar-refractivity contribution < 1.29 is 19.1 Å². The van der Waals surface area contributed by atoms with Crippen LogP contribution in [0, 0.1) is 0 Å². The predicted molar refractivity (Wildman–Crippen MR) is 97.2 cm³/mol. The number of nitrogen functional groups attached to an aromatic ring is 1. The highest BCUT2D eigenvalue weighted by atomic mass is 16.5. The van der Waals surface area contributed by atoms with E-state index < -0.39 is 0 Å². The number of ether oxygens (including phenoxy) is 2. The number of carbonyl (C=O) groups excluding carboxylic acids is 2. The van der Waals surface area contributed by atoms with Crippen LogP contribution >= 0.6 is 0 Å². The van der Waals surface area contributed by atoms with Gasteiger partial charge in [-0.15, -0.1) is 0 Å². The lowest BCUT2D eigenvalue weighted by atomic mass is 10.1. The van der Waals surface area contributed by atoms with E-state index in [4.69, 9.17) is 15.2 Å². The Bertz CT molecular complexity index is 742. The first-order chi connectivity index (χ1) is 12.0. The molecule has 132 valence electrons. The number of ketones is 1. The van der Waals surface area contributed by atoms with Gasteiger partial charge in [0.05, 0.1) is 25.6 Å². The summed E-state index contributed by atoms with van der Waals surface area (Å²) < 4.78 is 10.2. The fraction of sp³-hybridized carbons (Fsp3) is 0.263. The Labute approximate surface area is 146 Å². The van der Waals surface area contributed by atoms with E-state index in [-0.39, 0.29) is 18.1 Å². The van der Waals surface area contributed by atoms with Crippen LogP contribution in [0.1, 0.15) is 29.6 Å². The van der Waals surface area contributed by atoms with Crippen LogP contribution in [-0.4, -0.2) is 25.9 Å². The van der Waals surface area contributed by atoms with Crippen molar-refractivity contribution in [2.24, 2.45) is 0 Å². The third kappa shape index (κ3) is 5.24. The number of rotatable bonds is 8. The van der Waals surface area contributed by atoms with Crippen molar-refractivity contribution in [3.63, 3.8) is 0 Å². The molecule has 0 aromatic heterocycles.